The van der Waals surface area contributed by atoms with Crippen molar-refractivity contribution in [3.63, 3.8) is 0 Å². The second-order valence-electron chi connectivity index (χ2n) is 34.8. The molecule has 11 aliphatic rings. The maximum atomic E-state index is 13.6. The molecule has 140 heavy (non-hydrogen) atoms. The van der Waals surface area contributed by atoms with Crippen molar-refractivity contribution in [1.82, 2.24) is 21.3 Å². The first-order chi connectivity index (χ1) is 65.7. The Morgan fingerprint density at radius 2 is 0.514 bits per heavy atom. The topological polar surface area (TPSA) is 984 Å². The van der Waals surface area contributed by atoms with Crippen LogP contribution < -0.4 is 21.3 Å². The molecule has 0 saturated carbocycles. The van der Waals surface area contributed by atoms with E-state index in [1.807, 2.05) is 0 Å². The fourth-order valence-corrected chi connectivity index (χ4v) is 18.1. The van der Waals surface area contributed by atoms with E-state index in [1.54, 1.807) is 0 Å². The van der Waals surface area contributed by atoms with Crippen molar-refractivity contribution in [2.75, 3.05) is 59.5 Å². The molecule has 33 N–H and O–H groups in total. The smallest absolute Gasteiger partial charge is 0.394 e. The Balaban J connectivity index is 0.977. The van der Waals surface area contributed by atoms with Gasteiger partial charge in [0.25, 0.3) is 0 Å². The van der Waals surface area contributed by atoms with E-state index in [0.29, 0.717) is 0 Å². The van der Waals surface area contributed by atoms with Crippen LogP contribution in [0.4, 0.5) is 0 Å². The highest BCUT2D eigenvalue weighted by molar-refractivity contribution is 7.81. The molecule has 0 aromatic carbocycles. The lowest BCUT2D eigenvalue weighted by Gasteiger charge is -2.52. The predicted molar refractivity (Wildman–Crippen MR) is 427 cm³/mol. The lowest BCUT2D eigenvalue weighted by Crippen LogP contribution is -2.71. The summed E-state index contributed by atoms with van der Waals surface area (Å²) in [5, 5.41) is 314. The van der Waals surface area contributed by atoms with Gasteiger partial charge in [-0.2, -0.15) is 16.8 Å². The molecule has 4 amide bonds. The summed E-state index contributed by atoms with van der Waals surface area (Å²) in [6, 6.07) is -8.41. The van der Waals surface area contributed by atoms with Gasteiger partial charge in [0.2, 0.25) is 23.6 Å². The molecule has 0 aliphatic carbocycles. The van der Waals surface area contributed by atoms with Crippen molar-refractivity contribution in [3.05, 3.63) is 0 Å². The van der Waals surface area contributed by atoms with Gasteiger partial charge in [0.05, 0.1) is 71.7 Å². The number of hydrogen-bond acceptors (Lipinski definition) is 58. The van der Waals surface area contributed by atoms with Crippen LogP contribution in [-0.4, -0.2) is 584 Å². The average molecular weight is 2090 g/mol. The quantitative estimate of drug-likeness (QED) is 0.0257. The third-order valence-electron chi connectivity index (χ3n) is 24.9. The van der Waals surface area contributed by atoms with Gasteiger partial charge in [-0.1, -0.05) is 0 Å². The summed E-state index contributed by atoms with van der Waals surface area (Å²) >= 11 is 0. The van der Waals surface area contributed by atoms with E-state index < -0.39 is 441 Å². The van der Waals surface area contributed by atoms with Crippen LogP contribution in [0.5, 0.6) is 0 Å². The largest absolute Gasteiger partial charge is 0.397 e. The SMILES string of the molecule is CC(=O)N[C@@H]1[C@@H](O)[C@H](O[C@@H]2O[C@H](CO)[C@@H](O[C@@H]3O[C@H](CO[C@H]4O[C@H](CO)[C@@H](O)[C@H](O)[C@@H]4O[C@@H]4O[C@H](COS(=O)(=O)O)[C@@H](O[C@@H]5O[C@H](CO)[C@H](O)[C@H](O)[C@H]5O)[C@H](O[C@@H]5O[C@@H](C)[C@@H](O)[C@@H](O)[C@@H]5O)[C@H]4NC(C)=O)[C@@H](O)[C@H](O[C@H]4O[C@H](CO)[C@@H](O)[C@H](O)[C@@H]4O[C@@H]4O[C@H](COS(=O)(=O)O)[C@@H](O[C@@H]5O[C@H](CO)[C@H](O)[C@H](O)[C@H]5O)[C@H](O)[C@H]4NC(C)=O)[C@@H]3O)[C@H](O)[C@H]2NC(C)=O)[C@@H](CO[C@@H]2O[C@@H](C)[C@@H](O)[C@@H](O)[C@@H]2O)O[C@H]1O. The Morgan fingerprint density at radius 3 is 0.957 bits per heavy atom. The molecule has 66 heteroatoms. The first kappa shape index (κ1) is 116. The van der Waals surface area contributed by atoms with Crippen LogP contribution in [0.15, 0.2) is 0 Å². The van der Waals surface area contributed by atoms with Gasteiger partial charge in [0.1, 0.15) is 256 Å². The number of rotatable bonds is 37. The number of carbonyl (C=O) groups is 4. The Morgan fingerprint density at radius 1 is 0.236 bits per heavy atom. The predicted octanol–water partition coefficient (Wildman–Crippen LogP) is -22.7. The fraction of sp³-hybridized carbons (Fsp3) is 0.946. The van der Waals surface area contributed by atoms with Crippen molar-refractivity contribution in [3.8, 4) is 0 Å². The van der Waals surface area contributed by atoms with E-state index in [-0.39, 0.29) is 0 Å². The lowest BCUT2D eigenvalue weighted by atomic mass is 9.93. The molecular weight excluding hydrogens is 1970 g/mol. The van der Waals surface area contributed by atoms with Crippen molar-refractivity contribution < 1.29 is 291 Å². The van der Waals surface area contributed by atoms with Gasteiger partial charge in [-0.25, -0.2) is 8.37 Å². The van der Waals surface area contributed by atoms with Crippen LogP contribution >= 0.6 is 0 Å². The van der Waals surface area contributed by atoms with Crippen molar-refractivity contribution in [2.24, 2.45) is 0 Å². The third kappa shape index (κ3) is 26.9. The zero-order valence-electron chi connectivity index (χ0n) is 74.6. The summed E-state index contributed by atoms with van der Waals surface area (Å²) in [6.07, 6.45) is -114. The minimum Gasteiger partial charge on any atom is -0.394 e. The molecule has 0 aromatic rings. The zero-order chi connectivity index (χ0) is 104. The number of hydrogen-bond donors (Lipinski definition) is 33. The third-order valence-corrected chi connectivity index (χ3v) is 25.8. The minimum absolute atomic E-state index is 0.819. The molecule has 64 nitrogen and oxygen atoms in total. The maximum Gasteiger partial charge on any atom is 0.397 e. The zero-order valence-corrected chi connectivity index (χ0v) is 76.2. The van der Waals surface area contributed by atoms with Gasteiger partial charge in [-0.05, 0) is 13.8 Å². The van der Waals surface area contributed by atoms with Crippen LogP contribution in [0.1, 0.15) is 41.5 Å². The number of nitrogens with one attached hydrogen (secondary N) is 4. The molecule has 0 unspecified atom stereocenters. The van der Waals surface area contributed by atoms with E-state index in [9.17, 15) is 183 Å². The molecule has 11 saturated heterocycles. The van der Waals surface area contributed by atoms with Crippen molar-refractivity contribution >= 4 is 44.4 Å². The Labute approximate surface area is 792 Å². The minimum atomic E-state index is -5.67. The second kappa shape index (κ2) is 49.4. The summed E-state index contributed by atoms with van der Waals surface area (Å²) in [4.78, 5) is 52.8. The van der Waals surface area contributed by atoms with Gasteiger partial charge in [0, 0.05) is 27.7 Å². The molecule has 11 heterocycles. The number of aliphatic hydroxyl groups excluding tert-OH is 27. The molecule has 812 valence electrons. The molecular formula is C74H124N4O60S2. The highest BCUT2D eigenvalue weighted by Crippen LogP contribution is 2.42. The van der Waals surface area contributed by atoms with Gasteiger partial charge in [-0.3, -0.25) is 28.3 Å². The molecule has 55 atom stereocenters. The van der Waals surface area contributed by atoms with Crippen LogP contribution in [0.3, 0.4) is 0 Å². The van der Waals surface area contributed by atoms with E-state index in [1.165, 1.54) is 6.92 Å². The van der Waals surface area contributed by atoms with Crippen LogP contribution in [-0.2, 0) is 148 Å². The van der Waals surface area contributed by atoms with Crippen LogP contribution in [0.2, 0.25) is 0 Å². The van der Waals surface area contributed by atoms with E-state index in [4.69, 9.17) is 104 Å². The van der Waals surface area contributed by atoms with E-state index in [2.05, 4.69) is 25.5 Å². The number of carbonyl (C=O) groups excluding carboxylic acids is 4. The lowest BCUT2D eigenvalue weighted by molar-refractivity contribution is -0.400. The second-order valence-corrected chi connectivity index (χ2v) is 37.0. The standard InChI is InChI=1S/C74H124N4O60S2/c1-16-35(88)45(98)51(104)68(120-16)116-13-28-57(42(95)31(64(109)122-28)75-18(3)84)131-65-32(76-19(4)85)43(96)56(26(11-83)127-65)132-72-55(108)61(136-74-63(50(103)40(93)25(10-82)126-74)138-66-33(77-20(5)86)44(97)58(29(129-66)14-118-139(110,111)112)133-70-53(106)47(100)37(90)22(7-79)123-70)41(94)27(128-72)12-117-73-62(49(102)39(92)24(9-81)125-73)137-67-34(78-21(6)87)60(135-69-52(105)46(99)36(89)17(2)121-69)59(30(130-67)15-119-140(113,114)115)134-71-54(107)48(101)38(91)23(8-80)124-71/h16-17,22-74,79-83,88-109H,7-15H2,1-6H3,(H,75,84)(H,76,85)(H,77,86)(H,78,87)(H,110,111,112)(H,113,114,115)/t16-,17-,22+,23+,24+,25+,26+,27+,28+,29+,30+,31+,32+,33+,34+,35+,36+,37-,38-,39+,40+,41+,42+,43+,44+,45+,46+,47-,48-,49-,50-,51-,52-,53+,54+,55-,56+,57+,58+,59+,60+,61-,62-,63-,64+,65-,66-,67-,68+,69-,70-,71-,72-,73-,74+/m0/s1. The highest BCUT2D eigenvalue weighted by atomic mass is 32.3. The number of amides is 4. The molecule has 11 aliphatic heterocycles. The van der Waals surface area contributed by atoms with Gasteiger partial charge in [0.15, 0.2) is 69.2 Å². The van der Waals surface area contributed by atoms with Gasteiger partial charge in [-0.15, -0.1) is 0 Å². The molecule has 11 rings (SSSR count). The normalized spacial score (nSPS) is 48.4. The Kier molecular flexibility index (Phi) is 41.0. The van der Waals surface area contributed by atoms with Crippen LogP contribution in [0, 0.1) is 0 Å². The Hall–Kier alpha value is -4.30. The van der Waals surface area contributed by atoms with Crippen molar-refractivity contribution in [1.29, 1.82) is 0 Å². The average Bonchev–Trinajstić information content (AvgIpc) is 0.768. The van der Waals surface area contributed by atoms with Gasteiger partial charge < -0.3 is 259 Å². The summed E-state index contributed by atoms with van der Waals surface area (Å²) in [7, 11) is -11.2. The van der Waals surface area contributed by atoms with E-state index in [0.717, 1.165) is 34.6 Å². The van der Waals surface area contributed by atoms with Crippen LogP contribution in [0.25, 0.3) is 0 Å². The summed E-state index contributed by atoms with van der Waals surface area (Å²) < 4.78 is 204. The number of aliphatic hydroxyl groups is 27. The first-order valence-electron chi connectivity index (χ1n) is 43.7. The molecule has 0 aromatic heterocycles. The first-order valence-corrected chi connectivity index (χ1v) is 46.4. The Bertz CT molecular complexity index is 4180. The summed E-state index contributed by atoms with van der Waals surface area (Å²) in [6.45, 7) is -5.68. The monoisotopic (exact) mass is 2090 g/mol. The van der Waals surface area contributed by atoms with Gasteiger partial charge >= 0.3 is 20.8 Å². The molecule has 0 spiro atoms. The summed E-state index contributed by atoms with van der Waals surface area (Å²) in [5.41, 5.74) is 0. The molecule has 11 fully saturated rings. The molecule has 0 bridgehead atoms. The number of ether oxygens (including phenoxy) is 21. The fourth-order valence-electron chi connectivity index (χ4n) is 17.5. The molecule has 0 radical (unpaired) electrons. The van der Waals surface area contributed by atoms with E-state index >= 15 is 0 Å². The van der Waals surface area contributed by atoms with Crippen molar-refractivity contribution in [2.45, 2.75) is 379 Å². The highest BCUT2D eigenvalue weighted by Gasteiger charge is 2.63. The maximum absolute atomic E-state index is 13.6. The summed E-state index contributed by atoms with van der Waals surface area (Å²) in [5.74, 6) is -4.22.